The number of nitrogens with zero attached hydrogens (tertiary/aromatic N) is 2. The molecule has 1 aliphatic heterocycles. The lowest BCUT2D eigenvalue weighted by Crippen LogP contribution is -2.31. The Kier molecular flexibility index (Phi) is 3.19. The van der Waals surface area contributed by atoms with E-state index >= 15 is 0 Å². The molecule has 0 saturated carbocycles. The molecule has 0 radical (unpaired) electrons. The number of hydrogen-bond acceptors (Lipinski definition) is 3. The molecule has 0 aliphatic carbocycles. The molecule has 0 fully saturated rings. The molecule has 0 saturated heterocycles. The maximum absolute atomic E-state index is 6.04. The average molecular weight is 252 g/mol. The topological polar surface area (TPSA) is 24.8 Å². The summed E-state index contributed by atoms with van der Waals surface area (Å²) in [5.74, 6) is 0.684. The maximum Gasteiger partial charge on any atom is 0.238 e. The molecular weight excluding hydrogens is 236 g/mol. The summed E-state index contributed by atoms with van der Waals surface area (Å²) < 4.78 is 6.04. The predicted octanol–water partition coefficient (Wildman–Crippen LogP) is 3.05. The first-order valence-corrected chi connectivity index (χ1v) is 6.40. The lowest BCUT2D eigenvalue weighted by Gasteiger charge is -2.29. The zero-order chi connectivity index (χ0) is 13.1. The van der Waals surface area contributed by atoms with E-state index in [1.54, 1.807) is 0 Å². The van der Waals surface area contributed by atoms with Gasteiger partial charge in [0, 0.05) is 12.6 Å². The second-order valence-corrected chi connectivity index (χ2v) is 4.63. The van der Waals surface area contributed by atoms with Gasteiger partial charge in [0.15, 0.2) is 0 Å². The summed E-state index contributed by atoms with van der Waals surface area (Å²) in [5.41, 5.74) is 2.19. The van der Waals surface area contributed by atoms with E-state index in [-0.39, 0.29) is 6.10 Å². The predicted molar refractivity (Wildman–Crippen MR) is 75.9 cm³/mol. The van der Waals surface area contributed by atoms with Crippen molar-refractivity contribution in [3.05, 3.63) is 71.8 Å². The average Bonchev–Trinajstić information content (AvgIpc) is 2.48. The van der Waals surface area contributed by atoms with Gasteiger partial charge >= 0.3 is 0 Å². The number of rotatable bonds is 2. The first-order chi connectivity index (χ1) is 9.33. The van der Waals surface area contributed by atoms with E-state index < -0.39 is 0 Å². The second-order valence-electron chi connectivity index (χ2n) is 4.63. The Labute approximate surface area is 113 Å². The van der Waals surface area contributed by atoms with Gasteiger partial charge in [-0.3, -0.25) is 5.01 Å². The van der Waals surface area contributed by atoms with E-state index in [2.05, 4.69) is 17.2 Å². The van der Waals surface area contributed by atoms with Crippen LogP contribution in [0.2, 0.25) is 0 Å². The van der Waals surface area contributed by atoms with Crippen LogP contribution in [0.3, 0.4) is 0 Å². The molecular formula is C16H16N2O. The Morgan fingerprint density at radius 3 is 2.32 bits per heavy atom. The van der Waals surface area contributed by atoms with E-state index in [1.807, 2.05) is 60.6 Å². The number of hydrogen-bond donors (Lipinski definition) is 0. The van der Waals surface area contributed by atoms with E-state index in [4.69, 9.17) is 4.74 Å². The molecule has 2 aromatic rings. The fraction of sp³-hybridized carbons (Fsp3) is 0.188. The molecule has 1 heterocycles. The van der Waals surface area contributed by atoms with Gasteiger partial charge < -0.3 is 4.74 Å². The van der Waals surface area contributed by atoms with Crippen LogP contribution in [0.1, 0.15) is 17.2 Å². The highest BCUT2D eigenvalue weighted by Gasteiger charge is 2.23. The summed E-state index contributed by atoms with van der Waals surface area (Å²) in [6.07, 6.45) is 0.0268. The fourth-order valence-corrected chi connectivity index (χ4v) is 2.18. The Hall–Kier alpha value is -2.29. The van der Waals surface area contributed by atoms with Gasteiger partial charge in [-0.05, 0) is 17.7 Å². The molecule has 3 rings (SSSR count). The number of likely N-dealkylation sites (N-methyl/N-ethyl adjacent to an activating group) is 1. The third kappa shape index (κ3) is 2.60. The SMILES string of the molecule is CN1C[C@H](c2ccccc2)OC(c2ccccc2)=N1. The molecule has 0 aromatic heterocycles. The van der Waals surface area contributed by atoms with Gasteiger partial charge in [-0.2, -0.15) is 0 Å². The molecule has 1 atom stereocenters. The standard InChI is InChI=1S/C16H16N2O/c1-18-12-15(13-8-4-2-5-9-13)19-16(17-18)14-10-6-3-7-11-14/h2-11,15H,12H2,1H3/t15-/m1/s1. The number of benzene rings is 2. The minimum absolute atomic E-state index is 0.0268. The number of ether oxygens (including phenoxy) is 1. The van der Waals surface area contributed by atoms with Crippen molar-refractivity contribution >= 4 is 5.90 Å². The van der Waals surface area contributed by atoms with E-state index in [0.717, 1.165) is 12.1 Å². The van der Waals surface area contributed by atoms with Crippen LogP contribution in [0.25, 0.3) is 0 Å². The van der Waals surface area contributed by atoms with Crippen molar-refractivity contribution in [2.45, 2.75) is 6.10 Å². The van der Waals surface area contributed by atoms with Crippen LogP contribution in [-0.2, 0) is 4.74 Å². The van der Waals surface area contributed by atoms with Gasteiger partial charge in [-0.15, -0.1) is 5.10 Å². The quantitative estimate of drug-likeness (QED) is 0.820. The van der Waals surface area contributed by atoms with Crippen LogP contribution in [0.5, 0.6) is 0 Å². The third-order valence-corrected chi connectivity index (χ3v) is 3.14. The first kappa shape index (κ1) is 11.8. The van der Waals surface area contributed by atoms with Crippen molar-refractivity contribution < 1.29 is 4.74 Å². The summed E-state index contributed by atoms with van der Waals surface area (Å²) in [5, 5.41) is 6.39. The van der Waals surface area contributed by atoms with E-state index in [1.165, 1.54) is 5.56 Å². The molecule has 3 heteroatoms. The molecule has 96 valence electrons. The van der Waals surface area contributed by atoms with Crippen LogP contribution in [-0.4, -0.2) is 24.5 Å². The lowest BCUT2D eigenvalue weighted by molar-refractivity contribution is 0.107. The Bertz CT molecular complexity index is 566. The third-order valence-electron chi connectivity index (χ3n) is 3.14. The van der Waals surface area contributed by atoms with Gasteiger partial charge in [0.05, 0.1) is 6.54 Å². The van der Waals surface area contributed by atoms with Crippen molar-refractivity contribution in [2.24, 2.45) is 5.10 Å². The molecule has 0 bridgehead atoms. The monoisotopic (exact) mass is 252 g/mol. The highest BCUT2D eigenvalue weighted by molar-refractivity contribution is 5.94. The summed E-state index contributed by atoms with van der Waals surface area (Å²) in [6, 6.07) is 20.3. The summed E-state index contributed by atoms with van der Waals surface area (Å²) in [7, 11) is 1.97. The molecule has 0 amide bonds. The molecule has 3 nitrogen and oxygen atoms in total. The summed E-state index contributed by atoms with van der Waals surface area (Å²) in [4.78, 5) is 0. The van der Waals surface area contributed by atoms with Crippen LogP contribution < -0.4 is 0 Å². The van der Waals surface area contributed by atoms with Crippen LogP contribution in [0, 0.1) is 0 Å². The fourth-order valence-electron chi connectivity index (χ4n) is 2.18. The molecule has 0 unspecified atom stereocenters. The van der Waals surface area contributed by atoms with Crippen LogP contribution >= 0.6 is 0 Å². The Balaban J connectivity index is 1.88. The molecule has 2 aromatic carbocycles. The van der Waals surface area contributed by atoms with Crippen molar-refractivity contribution in [3.8, 4) is 0 Å². The van der Waals surface area contributed by atoms with Gasteiger partial charge in [-0.1, -0.05) is 48.5 Å². The lowest BCUT2D eigenvalue weighted by atomic mass is 10.1. The highest BCUT2D eigenvalue weighted by atomic mass is 16.5. The normalized spacial score (nSPS) is 18.7. The Morgan fingerprint density at radius 1 is 1.00 bits per heavy atom. The molecule has 0 N–H and O–H groups in total. The van der Waals surface area contributed by atoms with Gasteiger partial charge in [0.2, 0.25) is 5.90 Å². The van der Waals surface area contributed by atoms with E-state index in [0.29, 0.717) is 5.90 Å². The van der Waals surface area contributed by atoms with Crippen molar-refractivity contribution in [3.63, 3.8) is 0 Å². The van der Waals surface area contributed by atoms with Gasteiger partial charge in [0.1, 0.15) is 6.10 Å². The van der Waals surface area contributed by atoms with Gasteiger partial charge in [0.25, 0.3) is 0 Å². The minimum atomic E-state index is 0.0268. The zero-order valence-electron chi connectivity index (χ0n) is 10.9. The smallest absolute Gasteiger partial charge is 0.238 e. The highest BCUT2D eigenvalue weighted by Crippen LogP contribution is 2.24. The number of hydrazone groups is 1. The van der Waals surface area contributed by atoms with Gasteiger partial charge in [-0.25, -0.2) is 0 Å². The molecule has 0 spiro atoms. The van der Waals surface area contributed by atoms with Crippen molar-refractivity contribution in [1.29, 1.82) is 0 Å². The zero-order valence-corrected chi connectivity index (χ0v) is 10.9. The summed E-state index contributed by atoms with van der Waals surface area (Å²) >= 11 is 0. The van der Waals surface area contributed by atoms with Crippen molar-refractivity contribution in [2.75, 3.05) is 13.6 Å². The van der Waals surface area contributed by atoms with E-state index in [9.17, 15) is 0 Å². The minimum Gasteiger partial charge on any atom is -0.466 e. The Morgan fingerprint density at radius 2 is 1.63 bits per heavy atom. The first-order valence-electron chi connectivity index (χ1n) is 6.40. The molecule has 19 heavy (non-hydrogen) atoms. The largest absolute Gasteiger partial charge is 0.466 e. The molecule has 1 aliphatic rings. The van der Waals surface area contributed by atoms with Crippen LogP contribution in [0.15, 0.2) is 65.8 Å². The van der Waals surface area contributed by atoms with Crippen molar-refractivity contribution in [1.82, 2.24) is 5.01 Å². The summed E-state index contributed by atoms with van der Waals surface area (Å²) in [6.45, 7) is 0.764. The van der Waals surface area contributed by atoms with Crippen LogP contribution in [0.4, 0.5) is 0 Å². The second kappa shape index (κ2) is 5.14. The maximum atomic E-state index is 6.04.